The van der Waals surface area contributed by atoms with Crippen molar-refractivity contribution >= 4 is 0 Å². The summed E-state index contributed by atoms with van der Waals surface area (Å²) in [5, 5.41) is 0. The van der Waals surface area contributed by atoms with Crippen LogP contribution in [-0.2, 0) is 6.42 Å². The van der Waals surface area contributed by atoms with E-state index in [1.807, 2.05) is 12.1 Å². The van der Waals surface area contributed by atoms with Crippen molar-refractivity contribution in [2.75, 3.05) is 13.2 Å². The fourth-order valence-electron chi connectivity index (χ4n) is 1.25. The number of ether oxygens (including phenoxy) is 1. The summed E-state index contributed by atoms with van der Waals surface area (Å²) in [6.45, 7) is 3.68. The summed E-state index contributed by atoms with van der Waals surface area (Å²) in [7, 11) is 0. The van der Waals surface area contributed by atoms with Crippen LogP contribution < -0.4 is 10.5 Å². The lowest BCUT2D eigenvalue weighted by molar-refractivity contribution is 0.309. The van der Waals surface area contributed by atoms with E-state index in [4.69, 9.17) is 10.5 Å². The molecular formula is C12H19NO. The molecule has 2 nitrogen and oxygen atoms in total. The minimum Gasteiger partial charge on any atom is -0.494 e. The number of nitrogens with two attached hydrogens (primary N) is 1. The minimum atomic E-state index is 0.704. The Morgan fingerprint density at radius 3 is 2.50 bits per heavy atom. The number of hydrogen-bond acceptors (Lipinski definition) is 2. The zero-order chi connectivity index (χ0) is 10.2. The highest BCUT2D eigenvalue weighted by Gasteiger charge is 1.94. The monoisotopic (exact) mass is 193 g/mol. The van der Waals surface area contributed by atoms with Crippen LogP contribution in [0.2, 0.25) is 0 Å². The molecule has 0 fully saturated rings. The molecule has 78 valence electrons. The quantitative estimate of drug-likeness (QED) is 0.704. The topological polar surface area (TPSA) is 35.2 Å². The molecule has 0 saturated heterocycles. The van der Waals surface area contributed by atoms with Crippen molar-refractivity contribution in [1.29, 1.82) is 0 Å². The second-order valence-electron chi connectivity index (χ2n) is 3.38. The normalized spacial score (nSPS) is 10.1. The summed E-state index contributed by atoms with van der Waals surface area (Å²) < 4.78 is 5.55. The van der Waals surface area contributed by atoms with E-state index >= 15 is 0 Å². The maximum Gasteiger partial charge on any atom is 0.119 e. The molecule has 0 spiro atoms. The lowest BCUT2D eigenvalue weighted by Crippen LogP contribution is -2.02. The van der Waals surface area contributed by atoms with E-state index in [0.717, 1.165) is 25.2 Å². The van der Waals surface area contributed by atoms with E-state index in [1.165, 1.54) is 12.0 Å². The van der Waals surface area contributed by atoms with Crippen molar-refractivity contribution in [2.24, 2.45) is 5.73 Å². The molecule has 2 N–H and O–H groups in total. The molecule has 1 rings (SSSR count). The van der Waals surface area contributed by atoms with Crippen LogP contribution >= 0.6 is 0 Å². The maximum atomic E-state index is 5.55. The molecular weight excluding hydrogens is 174 g/mol. The average Bonchev–Trinajstić information content (AvgIpc) is 2.21. The largest absolute Gasteiger partial charge is 0.494 e. The molecule has 0 amide bonds. The van der Waals surface area contributed by atoms with Gasteiger partial charge in [0.05, 0.1) is 6.61 Å². The lowest BCUT2D eigenvalue weighted by atomic mass is 10.1. The second-order valence-corrected chi connectivity index (χ2v) is 3.38. The molecule has 0 bridgehead atoms. The predicted octanol–water partition coefficient (Wildman–Crippen LogP) is 2.37. The first-order chi connectivity index (χ1) is 6.86. The van der Waals surface area contributed by atoms with Crippen molar-refractivity contribution in [1.82, 2.24) is 0 Å². The molecule has 0 saturated carbocycles. The van der Waals surface area contributed by atoms with Crippen molar-refractivity contribution in [3.63, 3.8) is 0 Å². The highest BCUT2D eigenvalue weighted by atomic mass is 16.5. The number of hydrogen-bond donors (Lipinski definition) is 1. The third-order valence-electron chi connectivity index (χ3n) is 2.12. The fourth-order valence-corrected chi connectivity index (χ4v) is 1.25. The summed E-state index contributed by atoms with van der Waals surface area (Å²) >= 11 is 0. The van der Waals surface area contributed by atoms with Gasteiger partial charge in [0, 0.05) is 0 Å². The van der Waals surface area contributed by atoms with Gasteiger partial charge in [-0.2, -0.15) is 0 Å². The number of rotatable bonds is 6. The number of benzene rings is 1. The molecule has 0 aliphatic rings. The molecule has 1 aromatic rings. The smallest absolute Gasteiger partial charge is 0.119 e. The second kappa shape index (κ2) is 6.44. The molecule has 0 aliphatic carbocycles. The van der Waals surface area contributed by atoms with Gasteiger partial charge in [0.1, 0.15) is 5.75 Å². The Kier molecular flexibility index (Phi) is 5.08. The van der Waals surface area contributed by atoms with Crippen LogP contribution in [0, 0.1) is 0 Å². The van der Waals surface area contributed by atoms with Crippen molar-refractivity contribution < 1.29 is 4.74 Å². The van der Waals surface area contributed by atoms with E-state index in [1.54, 1.807) is 0 Å². The Labute approximate surface area is 86.1 Å². The van der Waals surface area contributed by atoms with Crippen molar-refractivity contribution in [3.8, 4) is 5.75 Å². The van der Waals surface area contributed by atoms with Crippen LogP contribution in [0.4, 0.5) is 0 Å². The van der Waals surface area contributed by atoms with Gasteiger partial charge in [-0.25, -0.2) is 0 Å². The molecule has 0 aromatic heterocycles. The van der Waals surface area contributed by atoms with Gasteiger partial charge in [0.15, 0.2) is 0 Å². The first-order valence-electron chi connectivity index (χ1n) is 5.28. The van der Waals surface area contributed by atoms with Gasteiger partial charge in [0.25, 0.3) is 0 Å². The fraction of sp³-hybridized carbons (Fsp3) is 0.500. The molecule has 0 unspecified atom stereocenters. The molecule has 1 aromatic carbocycles. The van der Waals surface area contributed by atoms with Gasteiger partial charge in [-0.05, 0) is 37.1 Å². The summed E-state index contributed by atoms with van der Waals surface area (Å²) in [5.41, 5.74) is 6.74. The Morgan fingerprint density at radius 2 is 1.93 bits per heavy atom. The SMILES string of the molecule is CCCCOc1ccc(CCN)cc1. The van der Waals surface area contributed by atoms with Crippen molar-refractivity contribution in [3.05, 3.63) is 29.8 Å². The van der Waals surface area contributed by atoms with Gasteiger partial charge in [-0.3, -0.25) is 0 Å². The van der Waals surface area contributed by atoms with E-state index < -0.39 is 0 Å². The molecule has 14 heavy (non-hydrogen) atoms. The highest BCUT2D eigenvalue weighted by Crippen LogP contribution is 2.12. The Balaban J connectivity index is 2.38. The third-order valence-corrected chi connectivity index (χ3v) is 2.12. The molecule has 0 radical (unpaired) electrons. The van der Waals surface area contributed by atoms with E-state index in [-0.39, 0.29) is 0 Å². The lowest BCUT2D eigenvalue weighted by Gasteiger charge is -2.05. The van der Waals surface area contributed by atoms with Crippen molar-refractivity contribution in [2.45, 2.75) is 26.2 Å². The Morgan fingerprint density at radius 1 is 1.21 bits per heavy atom. The van der Waals surface area contributed by atoms with Gasteiger partial charge in [0.2, 0.25) is 0 Å². The maximum absolute atomic E-state index is 5.55. The predicted molar refractivity (Wildman–Crippen MR) is 59.6 cm³/mol. The van der Waals surface area contributed by atoms with E-state index in [2.05, 4.69) is 19.1 Å². The third kappa shape index (κ3) is 3.79. The summed E-state index contributed by atoms with van der Waals surface area (Å²) in [6, 6.07) is 8.18. The number of unbranched alkanes of at least 4 members (excludes halogenated alkanes) is 1. The Bertz CT molecular complexity index is 243. The molecule has 0 atom stereocenters. The molecule has 0 heterocycles. The zero-order valence-corrected chi connectivity index (χ0v) is 8.83. The zero-order valence-electron chi connectivity index (χ0n) is 8.83. The van der Waals surface area contributed by atoms with Gasteiger partial charge in [-0.1, -0.05) is 25.5 Å². The van der Waals surface area contributed by atoms with E-state index in [0.29, 0.717) is 6.54 Å². The van der Waals surface area contributed by atoms with Crippen LogP contribution in [-0.4, -0.2) is 13.2 Å². The minimum absolute atomic E-state index is 0.704. The molecule has 2 heteroatoms. The average molecular weight is 193 g/mol. The first kappa shape index (κ1) is 11.1. The van der Waals surface area contributed by atoms with Crippen LogP contribution in [0.15, 0.2) is 24.3 Å². The van der Waals surface area contributed by atoms with Gasteiger partial charge in [-0.15, -0.1) is 0 Å². The highest BCUT2D eigenvalue weighted by molar-refractivity contribution is 5.27. The first-order valence-corrected chi connectivity index (χ1v) is 5.28. The summed E-state index contributed by atoms with van der Waals surface area (Å²) in [6.07, 6.45) is 3.23. The summed E-state index contributed by atoms with van der Waals surface area (Å²) in [5.74, 6) is 0.958. The standard InChI is InChI=1S/C12H19NO/c1-2-3-10-14-12-6-4-11(5-7-12)8-9-13/h4-7H,2-3,8-10,13H2,1H3. The Hall–Kier alpha value is -1.02. The summed E-state index contributed by atoms with van der Waals surface area (Å²) in [4.78, 5) is 0. The van der Waals surface area contributed by atoms with Gasteiger partial charge < -0.3 is 10.5 Å². The van der Waals surface area contributed by atoms with Crippen LogP contribution in [0.3, 0.4) is 0 Å². The van der Waals surface area contributed by atoms with Crippen LogP contribution in [0.1, 0.15) is 25.3 Å². The van der Waals surface area contributed by atoms with E-state index in [9.17, 15) is 0 Å². The van der Waals surface area contributed by atoms with Gasteiger partial charge >= 0.3 is 0 Å². The molecule has 0 aliphatic heterocycles. The van der Waals surface area contributed by atoms with Crippen LogP contribution in [0.25, 0.3) is 0 Å². The van der Waals surface area contributed by atoms with Crippen LogP contribution in [0.5, 0.6) is 5.75 Å².